The van der Waals surface area contributed by atoms with E-state index in [1.54, 1.807) is 17.7 Å². The average molecular weight is 390 g/mol. The number of benzene rings is 1. The first kappa shape index (κ1) is 18.1. The number of nitrogens with one attached hydrogen (secondary N) is 1. The Bertz CT molecular complexity index is 1110. The van der Waals surface area contributed by atoms with E-state index in [0.29, 0.717) is 36.5 Å². The number of hydrogen-bond donors (Lipinski definition) is 2. The molecule has 140 valence electrons. The van der Waals surface area contributed by atoms with Crippen molar-refractivity contribution in [3.63, 3.8) is 0 Å². The molecule has 0 aliphatic heterocycles. The number of aliphatic hydroxyl groups excluding tert-OH is 1. The number of fused-ring (bicyclic) bond motifs is 1. The lowest BCUT2D eigenvalue weighted by Crippen LogP contribution is -2.06. The minimum Gasteiger partial charge on any atom is -0.396 e. The Morgan fingerprint density at radius 2 is 2.00 bits per heavy atom. The van der Waals surface area contributed by atoms with Gasteiger partial charge in [0.2, 0.25) is 5.82 Å². The molecule has 0 saturated carbocycles. The number of aryl methyl sites for hydroxylation is 1. The van der Waals surface area contributed by atoms with E-state index in [1.807, 2.05) is 10.6 Å². The van der Waals surface area contributed by atoms with Crippen molar-refractivity contribution in [3.05, 3.63) is 58.8 Å². The Kier molecular flexibility index (Phi) is 5.28. The minimum atomic E-state index is 0.0857. The van der Waals surface area contributed by atoms with E-state index < -0.39 is 0 Å². The van der Waals surface area contributed by atoms with Crippen LogP contribution in [0, 0.1) is 11.3 Å². The second-order valence-corrected chi connectivity index (χ2v) is 7.04. The number of anilines is 1. The lowest BCUT2D eigenvalue weighted by molar-refractivity contribution is 0.280. The molecule has 0 aliphatic rings. The highest BCUT2D eigenvalue weighted by atomic mass is 32.1. The lowest BCUT2D eigenvalue weighted by atomic mass is 10.1. The summed E-state index contributed by atoms with van der Waals surface area (Å²) in [6.45, 7) is 1.23. The molecule has 7 nitrogen and oxygen atoms in total. The number of thiophene rings is 1. The molecule has 8 heteroatoms. The third-order valence-electron chi connectivity index (χ3n) is 4.39. The van der Waals surface area contributed by atoms with Gasteiger partial charge in [-0.05, 0) is 39.9 Å². The standard InChI is InChI=1S/C20H18N6OS/c21-10-17-24-19(18-20(25-17)26(13-23-18)7-1-8-27)22-11-14-2-4-15(5-3-14)16-6-9-28-12-16/h2-6,9,12-13,27H,1,7-8,11H2,(H,22,24,25). The van der Waals surface area contributed by atoms with Crippen molar-refractivity contribution in [1.82, 2.24) is 19.5 Å². The molecule has 0 spiro atoms. The molecule has 3 aromatic heterocycles. The first-order valence-electron chi connectivity index (χ1n) is 8.87. The van der Waals surface area contributed by atoms with Gasteiger partial charge >= 0.3 is 0 Å². The molecule has 3 heterocycles. The zero-order valence-corrected chi connectivity index (χ0v) is 15.9. The van der Waals surface area contributed by atoms with E-state index in [4.69, 9.17) is 5.11 Å². The quantitative estimate of drug-likeness (QED) is 0.502. The highest BCUT2D eigenvalue weighted by molar-refractivity contribution is 7.08. The van der Waals surface area contributed by atoms with Crippen LogP contribution < -0.4 is 5.32 Å². The summed E-state index contributed by atoms with van der Waals surface area (Å²) in [5.41, 5.74) is 4.71. The fraction of sp³-hybridized carbons (Fsp3) is 0.200. The molecular weight excluding hydrogens is 372 g/mol. The fourth-order valence-electron chi connectivity index (χ4n) is 2.95. The molecule has 0 unspecified atom stereocenters. The van der Waals surface area contributed by atoms with Gasteiger partial charge in [-0.1, -0.05) is 24.3 Å². The minimum absolute atomic E-state index is 0.0857. The Balaban J connectivity index is 1.56. The van der Waals surface area contributed by atoms with Crippen LogP contribution >= 0.6 is 11.3 Å². The number of hydrogen-bond acceptors (Lipinski definition) is 7. The Hall–Kier alpha value is -3.28. The van der Waals surface area contributed by atoms with Crippen LogP contribution in [0.1, 0.15) is 17.8 Å². The van der Waals surface area contributed by atoms with E-state index in [-0.39, 0.29) is 12.4 Å². The summed E-state index contributed by atoms with van der Waals surface area (Å²) in [5, 5.41) is 25.8. The van der Waals surface area contributed by atoms with Crippen molar-refractivity contribution in [1.29, 1.82) is 5.26 Å². The SMILES string of the molecule is N#Cc1nc(NCc2ccc(-c3ccsc3)cc2)c2ncn(CCCO)c2n1. The summed E-state index contributed by atoms with van der Waals surface area (Å²) in [4.78, 5) is 12.9. The highest BCUT2D eigenvalue weighted by Crippen LogP contribution is 2.23. The van der Waals surface area contributed by atoms with Crippen LogP contribution in [0.4, 0.5) is 5.82 Å². The van der Waals surface area contributed by atoms with Crippen LogP contribution in [0.25, 0.3) is 22.3 Å². The number of nitrogens with zero attached hydrogens (tertiary/aromatic N) is 5. The molecule has 28 heavy (non-hydrogen) atoms. The van der Waals surface area contributed by atoms with E-state index >= 15 is 0 Å². The number of aromatic nitrogens is 4. The van der Waals surface area contributed by atoms with Crippen LogP contribution in [0.3, 0.4) is 0 Å². The molecule has 0 radical (unpaired) electrons. The highest BCUT2D eigenvalue weighted by Gasteiger charge is 2.13. The third-order valence-corrected chi connectivity index (χ3v) is 5.07. The van der Waals surface area contributed by atoms with Gasteiger partial charge < -0.3 is 15.0 Å². The predicted molar refractivity (Wildman–Crippen MR) is 109 cm³/mol. The van der Waals surface area contributed by atoms with Crippen LogP contribution in [0.5, 0.6) is 0 Å². The summed E-state index contributed by atoms with van der Waals surface area (Å²) in [7, 11) is 0. The largest absolute Gasteiger partial charge is 0.396 e. The second kappa shape index (κ2) is 8.17. The molecule has 4 rings (SSSR count). The van der Waals surface area contributed by atoms with E-state index in [9.17, 15) is 5.26 Å². The molecule has 0 amide bonds. The first-order valence-corrected chi connectivity index (χ1v) is 9.82. The van der Waals surface area contributed by atoms with E-state index in [1.165, 1.54) is 11.1 Å². The normalized spacial score (nSPS) is 10.9. The smallest absolute Gasteiger partial charge is 0.236 e. The Morgan fingerprint density at radius 1 is 1.14 bits per heavy atom. The van der Waals surface area contributed by atoms with Crippen LogP contribution in [0.15, 0.2) is 47.4 Å². The van der Waals surface area contributed by atoms with E-state index in [2.05, 4.69) is 61.4 Å². The van der Waals surface area contributed by atoms with Crippen molar-refractivity contribution in [3.8, 4) is 17.2 Å². The van der Waals surface area contributed by atoms with E-state index in [0.717, 1.165) is 5.56 Å². The predicted octanol–water partition coefficient (Wildman–Crippen LogP) is 3.42. The van der Waals surface area contributed by atoms with Gasteiger partial charge in [-0.3, -0.25) is 0 Å². The van der Waals surface area contributed by atoms with Crippen molar-refractivity contribution in [2.45, 2.75) is 19.5 Å². The van der Waals surface area contributed by atoms with Crippen molar-refractivity contribution < 1.29 is 5.11 Å². The summed E-state index contributed by atoms with van der Waals surface area (Å²) < 4.78 is 1.83. The lowest BCUT2D eigenvalue weighted by Gasteiger charge is -2.08. The van der Waals surface area contributed by atoms with Gasteiger partial charge in [-0.15, -0.1) is 0 Å². The number of aliphatic hydroxyl groups is 1. The Morgan fingerprint density at radius 3 is 2.71 bits per heavy atom. The number of rotatable bonds is 7. The topological polar surface area (TPSA) is 99.7 Å². The van der Waals surface area contributed by atoms with Gasteiger partial charge in [0, 0.05) is 19.7 Å². The number of imidazole rings is 1. The molecule has 0 atom stereocenters. The maximum absolute atomic E-state index is 9.26. The molecule has 4 aromatic rings. The summed E-state index contributed by atoms with van der Waals surface area (Å²) in [6.07, 6.45) is 2.26. The van der Waals surface area contributed by atoms with Gasteiger partial charge in [0.25, 0.3) is 0 Å². The Labute approximate surface area is 166 Å². The fourth-order valence-corrected chi connectivity index (χ4v) is 3.62. The van der Waals surface area contributed by atoms with Gasteiger partial charge in [-0.25, -0.2) is 4.98 Å². The molecule has 0 fully saturated rings. The van der Waals surface area contributed by atoms with Crippen molar-refractivity contribution in [2.24, 2.45) is 0 Å². The van der Waals surface area contributed by atoms with Crippen molar-refractivity contribution >= 4 is 28.3 Å². The zero-order chi connectivity index (χ0) is 19.3. The molecule has 2 N–H and O–H groups in total. The van der Waals surface area contributed by atoms with Crippen LogP contribution in [0.2, 0.25) is 0 Å². The van der Waals surface area contributed by atoms with Gasteiger partial charge in [0.1, 0.15) is 6.07 Å². The second-order valence-electron chi connectivity index (χ2n) is 6.26. The maximum atomic E-state index is 9.26. The number of nitriles is 1. The van der Waals surface area contributed by atoms with Crippen molar-refractivity contribution in [2.75, 3.05) is 11.9 Å². The first-order chi connectivity index (χ1) is 13.8. The molecule has 0 bridgehead atoms. The summed E-state index contributed by atoms with van der Waals surface area (Å²) >= 11 is 1.68. The van der Waals surface area contributed by atoms with Gasteiger partial charge in [-0.2, -0.15) is 26.6 Å². The summed E-state index contributed by atoms with van der Waals surface area (Å²) in [5.74, 6) is 0.625. The van der Waals surface area contributed by atoms with Gasteiger partial charge in [0.05, 0.1) is 6.33 Å². The van der Waals surface area contributed by atoms with Gasteiger partial charge in [0.15, 0.2) is 17.0 Å². The zero-order valence-electron chi connectivity index (χ0n) is 15.0. The third kappa shape index (κ3) is 3.71. The van der Waals surface area contributed by atoms with Crippen LogP contribution in [-0.4, -0.2) is 31.2 Å². The maximum Gasteiger partial charge on any atom is 0.236 e. The molecular formula is C20H18N6OS. The molecule has 0 aliphatic carbocycles. The molecule has 1 aromatic carbocycles. The van der Waals surface area contributed by atoms with Crippen LogP contribution in [-0.2, 0) is 13.1 Å². The summed E-state index contributed by atoms with van der Waals surface area (Å²) in [6, 6.07) is 12.4. The monoisotopic (exact) mass is 390 g/mol. The molecule has 0 saturated heterocycles. The average Bonchev–Trinajstić information content (AvgIpc) is 3.41.